The highest BCUT2D eigenvalue weighted by atomic mass is 16.5. The van der Waals surface area contributed by atoms with E-state index in [0.29, 0.717) is 36.1 Å². The number of hydrogen-bond donors (Lipinski definition) is 3. The Labute approximate surface area is 114 Å². The van der Waals surface area contributed by atoms with Crippen LogP contribution in [0.4, 0.5) is 11.4 Å². The molecule has 0 aliphatic rings. The molecule has 1 aromatic carbocycles. The summed E-state index contributed by atoms with van der Waals surface area (Å²) in [6.45, 7) is 7.39. The zero-order valence-electron chi connectivity index (χ0n) is 11.8. The van der Waals surface area contributed by atoms with Crippen LogP contribution < -0.4 is 16.8 Å². The van der Waals surface area contributed by atoms with Crippen molar-refractivity contribution in [1.82, 2.24) is 0 Å². The fourth-order valence-electron chi connectivity index (χ4n) is 1.74. The topological polar surface area (TPSA) is 90.4 Å². The number of nitrogens with two attached hydrogens (primary N) is 2. The molecule has 0 fully saturated rings. The van der Waals surface area contributed by atoms with Crippen molar-refractivity contribution < 1.29 is 9.53 Å². The van der Waals surface area contributed by atoms with Gasteiger partial charge in [0.25, 0.3) is 5.91 Å². The van der Waals surface area contributed by atoms with Gasteiger partial charge in [0.15, 0.2) is 0 Å². The van der Waals surface area contributed by atoms with Crippen molar-refractivity contribution in [3.05, 3.63) is 23.8 Å². The molecule has 0 aromatic heterocycles. The molecule has 0 saturated carbocycles. The number of benzene rings is 1. The molecule has 0 heterocycles. The van der Waals surface area contributed by atoms with Crippen LogP contribution in [-0.4, -0.2) is 25.2 Å². The molecule has 1 aromatic rings. The second-order valence-electron chi connectivity index (χ2n) is 4.82. The maximum atomic E-state index is 11.4. The van der Waals surface area contributed by atoms with Crippen molar-refractivity contribution in [2.75, 3.05) is 24.3 Å². The van der Waals surface area contributed by atoms with E-state index in [-0.39, 0.29) is 6.04 Å². The smallest absolute Gasteiger partial charge is 0.250 e. The number of rotatable bonds is 7. The summed E-state index contributed by atoms with van der Waals surface area (Å²) in [5.74, 6) is -0.126. The third-order valence-electron chi connectivity index (χ3n) is 2.96. The molecule has 1 rings (SSSR count). The molecule has 5 heteroatoms. The first-order valence-electron chi connectivity index (χ1n) is 6.49. The van der Waals surface area contributed by atoms with Crippen molar-refractivity contribution in [2.45, 2.75) is 26.8 Å². The average Bonchev–Trinajstić information content (AvgIpc) is 2.35. The molecule has 0 saturated heterocycles. The first-order chi connectivity index (χ1) is 8.95. The molecular formula is C14H23N3O2. The van der Waals surface area contributed by atoms with Gasteiger partial charge in [0.1, 0.15) is 0 Å². The number of hydrogen-bond acceptors (Lipinski definition) is 4. The summed E-state index contributed by atoms with van der Waals surface area (Å²) in [6, 6.07) is 5.22. The maximum absolute atomic E-state index is 11.4. The van der Waals surface area contributed by atoms with Crippen molar-refractivity contribution >= 4 is 17.3 Å². The zero-order chi connectivity index (χ0) is 14.4. The molecule has 106 valence electrons. The Morgan fingerprint density at radius 3 is 2.63 bits per heavy atom. The minimum Gasteiger partial charge on any atom is -0.399 e. The van der Waals surface area contributed by atoms with E-state index in [0.717, 1.165) is 0 Å². The third kappa shape index (κ3) is 4.44. The van der Waals surface area contributed by atoms with Gasteiger partial charge in [0.05, 0.1) is 18.2 Å². The molecule has 1 amide bonds. The highest BCUT2D eigenvalue weighted by Crippen LogP contribution is 2.21. The number of nitrogens with one attached hydrogen (secondary N) is 1. The summed E-state index contributed by atoms with van der Waals surface area (Å²) >= 11 is 0. The Bertz CT molecular complexity index is 433. The average molecular weight is 265 g/mol. The molecule has 5 nitrogen and oxygen atoms in total. The van der Waals surface area contributed by atoms with Crippen LogP contribution in [0.15, 0.2) is 18.2 Å². The Kier molecular flexibility index (Phi) is 5.63. The van der Waals surface area contributed by atoms with Crippen molar-refractivity contribution in [3.63, 3.8) is 0 Å². The third-order valence-corrected chi connectivity index (χ3v) is 2.96. The molecule has 1 atom stereocenters. The molecule has 19 heavy (non-hydrogen) atoms. The predicted octanol–water partition coefficient (Wildman–Crippen LogP) is 1.84. The zero-order valence-corrected chi connectivity index (χ0v) is 11.8. The van der Waals surface area contributed by atoms with E-state index in [1.165, 1.54) is 0 Å². The van der Waals surface area contributed by atoms with Crippen molar-refractivity contribution in [3.8, 4) is 0 Å². The van der Waals surface area contributed by atoms with E-state index in [1.54, 1.807) is 18.2 Å². The van der Waals surface area contributed by atoms with E-state index in [1.807, 2.05) is 6.92 Å². The number of ether oxygens (including phenoxy) is 1. The quantitative estimate of drug-likeness (QED) is 0.656. The lowest BCUT2D eigenvalue weighted by Crippen LogP contribution is -2.32. The van der Waals surface area contributed by atoms with Gasteiger partial charge >= 0.3 is 0 Å². The van der Waals surface area contributed by atoms with E-state index >= 15 is 0 Å². The Balaban J connectivity index is 2.92. The van der Waals surface area contributed by atoms with Crippen LogP contribution in [0.5, 0.6) is 0 Å². The van der Waals surface area contributed by atoms with Crippen LogP contribution >= 0.6 is 0 Å². The van der Waals surface area contributed by atoms with Crippen LogP contribution in [-0.2, 0) is 4.74 Å². The first-order valence-corrected chi connectivity index (χ1v) is 6.49. The predicted molar refractivity (Wildman–Crippen MR) is 78.1 cm³/mol. The fraction of sp³-hybridized carbons (Fsp3) is 0.500. The summed E-state index contributed by atoms with van der Waals surface area (Å²) in [4.78, 5) is 11.4. The Morgan fingerprint density at radius 1 is 1.42 bits per heavy atom. The van der Waals surface area contributed by atoms with Gasteiger partial charge in [-0.1, -0.05) is 13.8 Å². The molecule has 0 aliphatic heterocycles. The minimum absolute atomic E-state index is 0.113. The molecule has 1 unspecified atom stereocenters. The lowest BCUT2D eigenvalue weighted by molar-refractivity contribution is 0.100. The number of anilines is 2. The fourth-order valence-corrected chi connectivity index (χ4v) is 1.74. The van der Waals surface area contributed by atoms with Crippen LogP contribution in [0.1, 0.15) is 31.1 Å². The molecule has 5 N–H and O–H groups in total. The van der Waals surface area contributed by atoms with E-state index in [2.05, 4.69) is 19.2 Å². The molecule has 0 bridgehead atoms. The second kappa shape index (κ2) is 6.99. The minimum atomic E-state index is -0.492. The Morgan fingerprint density at radius 2 is 2.11 bits per heavy atom. The number of carbonyl (C=O) groups excluding carboxylic acids is 1. The van der Waals surface area contributed by atoms with E-state index in [4.69, 9.17) is 16.2 Å². The van der Waals surface area contributed by atoms with Gasteiger partial charge in [0, 0.05) is 18.0 Å². The largest absolute Gasteiger partial charge is 0.399 e. The standard InChI is InChI=1S/C14H23N3O2/c1-4-19-8-13(9(2)3)17-12-6-5-10(15)7-11(12)14(16)18/h5-7,9,13,17H,4,8,15H2,1-3H3,(H2,16,18). The number of nitrogen functional groups attached to an aromatic ring is 1. The van der Waals surface area contributed by atoms with Crippen molar-refractivity contribution in [1.29, 1.82) is 0 Å². The van der Waals surface area contributed by atoms with Gasteiger partial charge in [-0.2, -0.15) is 0 Å². The SMILES string of the molecule is CCOCC(Nc1ccc(N)cc1C(N)=O)C(C)C. The van der Waals surface area contributed by atoms with E-state index < -0.39 is 5.91 Å². The molecule has 0 aliphatic carbocycles. The van der Waals surface area contributed by atoms with Crippen LogP contribution in [0.2, 0.25) is 0 Å². The summed E-state index contributed by atoms with van der Waals surface area (Å²) in [7, 11) is 0. The van der Waals surface area contributed by atoms with Gasteiger partial charge in [-0.3, -0.25) is 4.79 Å². The summed E-state index contributed by atoms with van der Waals surface area (Å²) in [5.41, 5.74) is 12.7. The number of amides is 1. The van der Waals surface area contributed by atoms with Crippen LogP contribution in [0, 0.1) is 5.92 Å². The second-order valence-corrected chi connectivity index (χ2v) is 4.82. The lowest BCUT2D eigenvalue weighted by atomic mass is 10.0. The summed E-state index contributed by atoms with van der Waals surface area (Å²) in [5, 5.41) is 3.31. The molecule has 0 radical (unpaired) electrons. The lowest BCUT2D eigenvalue weighted by Gasteiger charge is -2.24. The van der Waals surface area contributed by atoms with Gasteiger partial charge in [-0.05, 0) is 31.0 Å². The van der Waals surface area contributed by atoms with Gasteiger partial charge in [0.2, 0.25) is 0 Å². The number of primary amides is 1. The maximum Gasteiger partial charge on any atom is 0.250 e. The molecular weight excluding hydrogens is 242 g/mol. The monoisotopic (exact) mass is 265 g/mol. The normalized spacial score (nSPS) is 12.4. The summed E-state index contributed by atoms with van der Waals surface area (Å²) in [6.07, 6.45) is 0. The van der Waals surface area contributed by atoms with Crippen LogP contribution in [0.3, 0.4) is 0 Å². The van der Waals surface area contributed by atoms with Gasteiger partial charge in [-0.25, -0.2) is 0 Å². The molecule has 0 spiro atoms. The van der Waals surface area contributed by atoms with Gasteiger partial charge in [-0.15, -0.1) is 0 Å². The number of carbonyl (C=O) groups is 1. The van der Waals surface area contributed by atoms with Gasteiger partial charge < -0.3 is 21.5 Å². The van der Waals surface area contributed by atoms with Crippen molar-refractivity contribution in [2.24, 2.45) is 11.7 Å². The summed E-state index contributed by atoms with van der Waals surface area (Å²) < 4.78 is 5.45. The van der Waals surface area contributed by atoms with E-state index in [9.17, 15) is 4.79 Å². The highest BCUT2D eigenvalue weighted by Gasteiger charge is 2.16. The van der Waals surface area contributed by atoms with Crippen LogP contribution in [0.25, 0.3) is 0 Å². The highest BCUT2D eigenvalue weighted by molar-refractivity contribution is 5.99. The first kappa shape index (κ1) is 15.3. The Hall–Kier alpha value is -1.75.